The summed E-state index contributed by atoms with van der Waals surface area (Å²) < 4.78 is 23.9. The van der Waals surface area contributed by atoms with Crippen molar-refractivity contribution in [2.24, 2.45) is 0 Å². The molecule has 4 nitrogen and oxygen atoms in total. The number of hydrogen-bond acceptors (Lipinski definition) is 5. The van der Waals surface area contributed by atoms with Gasteiger partial charge in [0.15, 0.2) is 5.12 Å². The van der Waals surface area contributed by atoms with Gasteiger partial charge in [0.1, 0.15) is 0 Å². The quantitative estimate of drug-likeness (QED) is 0.584. The second kappa shape index (κ2) is 10.2. The number of carbonyl (C=O) groups is 1. The van der Waals surface area contributed by atoms with E-state index in [4.69, 9.17) is 9.05 Å². The zero-order valence-corrected chi connectivity index (χ0v) is 15.2. The summed E-state index contributed by atoms with van der Waals surface area (Å²) in [5.74, 6) is 0.458. The molecule has 0 radical (unpaired) electrons. The molecule has 0 aliphatic heterocycles. The van der Waals surface area contributed by atoms with Crippen LogP contribution in [0.3, 0.4) is 0 Å². The largest absolute Gasteiger partial charge is 0.334 e. The molecule has 0 saturated carbocycles. The Morgan fingerprint density at radius 2 is 1.77 bits per heavy atom. The van der Waals surface area contributed by atoms with Gasteiger partial charge in [-0.05, 0) is 32.3 Å². The second-order valence-corrected chi connectivity index (χ2v) is 8.38. The van der Waals surface area contributed by atoms with Crippen molar-refractivity contribution in [1.82, 2.24) is 0 Å². The SMILES string of the molecule is CCOP(=O)(OCC)C(CCc1ccccc1)CSC(C)=O. The number of thioether (sulfide) groups is 1. The Morgan fingerprint density at radius 1 is 1.18 bits per heavy atom. The predicted molar refractivity (Wildman–Crippen MR) is 92.5 cm³/mol. The van der Waals surface area contributed by atoms with Crippen LogP contribution in [-0.4, -0.2) is 29.7 Å². The Bertz CT molecular complexity index is 482. The number of rotatable bonds is 10. The van der Waals surface area contributed by atoms with Crippen molar-refractivity contribution in [3.8, 4) is 0 Å². The summed E-state index contributed by atoms with van der Waals surface area (Å²) in [5, 5.41) is 0.0178. The van der Waals surface area contributed by atoms with Gasteiger partial charge < -0.3 is 9.05 Å². The van der Waals surface area contributed by atoms with Crippen LogP contribution in [0.5, 0.6) is 0 Å². The molecule has 6 heteroatoms. The molecular weight excluding hydrogens is 319 g/mol. The fourth-order valence-corrected chi connectivity index (χ4v) is 5.34. The van der Waals surface area contributed by atoms with Gasteiger partial charge in [0.25, 0.3) is 0 Å². The third-order valence-electron chi connectivity index (χ3n) is 3.15. The van der Waals surface area contributed by atoms with E-state index in [-0.39, 0.29) is 10.8 Å². The molecule has 0 aliphatic rings. The molecule has 0 N–H and O–H groups in total. The highest BCUT2D eigenvalue weighted by atomic mass is 32.2. The van der Waals surface area contributed by atoms with E-state index in [1.54, 1.807) is 13.8 Å². The van der Waals surface area contributed by atoms with Gasteiger partial charge in [-0.3, -0.25) is 9.36 Å². The normalized spacial score (nSPS) is 13.0. The van der Waals surface area contributed by atoms with Gasteiger partial charge in [0.05, 0.1) is 18.9 Å². The van der Waals surface area contributed by atoms with Crippen molar-refractivity contribution in [1.29, 1.82) is 0 Å². The fraction of sp³-hybridized carbons (Fsp3) is 0.562. The van der Waals surface area contributed by atoms with E-state index >= 15 is 0 Å². The molecule has 0 bridgehead atoms. The summed E-state index contributed by atoms with van der Waals surface area (Å²) in [4.78, 5) is 11.3. The van der Waals surface area contributed by atoms with Crippen LogP contribution in [0.25, 0.3) is 0 Å². The first-order valence-corrected chi connectivity index (χ1v) is 10.2. The van der Waals surface area contributed by atoms with Gasteiger partial charge in [0, 0.05) is 12.7 Å². The van der Waals surface area contributed by atoms with Gasteiger partial charge in [-0.1, -0.05) is 42.1 Å². The van der Waals surface area contributed by atoms with E-state index < -0.39 is 7.60 Å². The standard InChI is InChI=1S/C16H25O4PS/c1-4-19-21(18,20-5-2)16(13-22-14(3)17)12-11-15-9-7-6-8-10-15/h6-10,16H,4-5,11-13H2,1-3H3. The lowest BCUT2D eigenvalue weighted by Gasteiger charge is -2.26. The summed E-state index contributed by atoms with van der Waals surface area (Å²) >= 11 is 1.18. The van der Waals surface area contributed by atoms with Crippen LogP contribution in [0, 0.1) is 0 Å². The van der Waals surface area contributed by atoms with Gasteiger partial charge in [-0.2, -0.15) is 0 Å². The average Bonchev–Trinajstić information content (AvgIpc) is 2.48. The summed E-state index contributed by atoms with van der Waals surface area (Å²) in [6, 6.07) is 10.0. The van der Waals surface area contributed by atoms with Crippen LogP contribution in [0.4, 0.5) is 0 Å². The molecule has 0 aliphatic carbocycles. The van der Waals surface area contributed by atoms with Crippen LogP contribution < -0.4 is 0 Å². The molecule has 0 amide bonds. The molecule has 1 rings (SSSR count). The Labute approximate surface area is 137 Å². The predicted octanol–water partition coefficient (Wildman–Crippen LogP) is 4.53. The molecule has 0 aromatic heterocycles. The van der Waals surface area contributed by atoms with Gasteiger partial charge in [-0.15, -0.1) is 0 Å². The number of carbonyl (C=O) groups excluding carboxylic acids is 1. The molecule has 22 heavy (non-hydrogen) atoms. The Balaban J connectivity index is 2.80. The molecule has 0 saturated heterocycles. The first-order valence-electron chi connectivity index (χ1n) is 7.58. The van der Waals surface area contributed by atoms with E-state index in [0.29, 0.717) is 25.4 Å². The van der Waals surface area contributed by atoms with Crippen molar-refractivity contribution in [2.45, 2.75) is 39.3 Å². The average molecular weight is 344 g/mol. The lowest BCUT2D eigenvalue weighted by atomic mass is 10.1. The van der Waals surface area contributed by atoms with Gasteiger partial charge in [-0.25, -0.2) is 0 Å². The topological polar surface area (TPSA) is 52.6 Å². The smallest absolute Gasteiger partial charge is 0.309 e. The summed E-state index contributed by atoms with van der Waals surface area (Å²) in [6.45, 7) is 5.80. The van der Waals surface area contributed by atoms with Crippen molar-refractivity contribution >= 4 is 24.5 Å². The molecule has 1 unspecified atom stereocenters. The number of hydrogen-bond donors (Lipinski definition) is 0. The lowest BCUT2D eigenvalue weighted by molar-refractivity contribution is -0.109. The first-order chi connectivity index (χ1) is 10.5. The molecule has 0 spiro atoms. The fourth-order valence-electron chi connectivity index (χ4n) is 2.13. The monoisotopic (exact) mass is 344 g/mol. The maximum atomic E-state index is 13.0. The minimum absolute atomic E-state index is 0.0178. The van der Waals surface area contributed by atoms with E-state index in [2.05, 4.69) is 0 Å². The Kier molecular flexibility index (Phi) is 9.03. The highest BCUT2D eigenvalue weighted by Gasteiger charge is 2.35. The zero-order chi connectivity index (χ0) is 16.4. The maximum Gasteiger partial charge on any atom is 0.334 e. The van der Waals surface area contributed by atoms with Crippen LogP contribution in [0.15, 0.2) is 30.3 Å². The zero-order valence-electron chi connectivity index (χ0n) is 13.5. The van der Waals surface area contributed by atoms with Crippen LogP contribution in [-0.2, 0) is 24.8 Å². The van der Waals surface area contributed by atoms with Crippen LogP contribution >= 0.6 is 19.4 Å². The molecule has 1 aromatic carbocycles. The summed E-state index contributed by atoms with van der Waals surface area (Å²) in [6.07, 6.45) is 1.45. The van der Waals surface area contributed by atoms with E-state index in [9.17, 15) is 9.36 Å². The third kappa shape index (κ3) is 6.66. The Morgan fingerprint density at radius 3 is 2.27 bits per heavy atom. The minimum atomic E-state index is -3.20. The highest BCUT2D eigenvalue weighted by molar-refractivity contribution is 8.13. The maximum absolute atomic E-state index is 13.0. The van der Waals surface area contributed by atoms with E-state index in [1.165, 1.54) is 24.2 Å². The van der Waals surface area contributed by atoms with Crippen molar-refractivity contribution in [3.05, 3.63) is 35.9 Å². The first kappa shape index (κ1) is 19.4. The summed E-state index contributed by atoms with van der Waals surface area (Å²) in [7, 11) is -3.20. The molecular formula is C16H25O4PS. The third-order valence-corrected chi connectivity index (χ3v) is 6.95. The molecule has 1 aromatic rings. The van der Waals surface area contributed by atoms with Crippen molar-refractivity contribution in [2.75, 3.05) is 19.0 Å². The highest BCUT2D eigenvalue weighted by Crippen LogP contribution is 2.55. The lowest BCUT2D eigenvalue weighted by Crippen LogP contribution is -2.18. The Hall–Kier alpha value is -0.610. The second-order valence-electron chi connectivity index (χ2n) is 4.86. The number of benzene rings is 1. The van der Waals surface area contributed by atoms with Crippen molar-refractivity contribution < 1.29 is 18.4 Å². The molecule has 0 heterocycles. The van der Waals surface area contributed by atoms with E-state index in [0.717, 1.165) is 6.42 Å². The van der Waals surface area contributed by atoms with Crippen LogP contribution in [0.2, 0.25) is 0 Å². The molecule has 124 valence electrons. The minimum Gasteiger partial charge on any atom is -0.309 e. The molecule has 1 atom stereocenters. The van der Waals surface area contributed by atoms with Crippen LogP contribution in [0.1, 0.15) is 32.8 Å². The number of aryl methyl sites for hydroxylation is 1. The van der Waals surface area contributed by atoms with Gasteiger partial charge in [0.2, 0.25) is 0 Å². The summed E-state index contributed by atoms with van der Waals surface area (Å²) in [5.41, 5.74) is 0.904. The van der Waals surface area contributed by atoms with Gasteiger partial charge >= 0.3 is 7.60 Å². The van der Waals surface area contributed by atoms with Crippen molar-refractivity contribution in [3.63, 3.8) is 0 Å². The molecule has 0 fully saturated rings. The van der Waals surface area contributed by atoms with E-state index in [1.807, 2.05) is 30.3 Å².